The van der Waals surface area contributed by atoms with Crippen molar-refractivity contribution < 1.29 is 0 Å². The Morgan fingerprint density at radius 2 is 2.00 bits per heavy atom. The second-order valence-electron chi connectivity index (χ2n) is 4.54. The largest absolute Gasteiger partial charge is 0.313 e. The maximum Gasteiger partial charge on any atom is 0.131 e. The smallest absolute Gasteiger partial charge is 0.131 e. The second-order valence-corrected chi connectivity index (χ2v) is 4.54. The third-order valence-electron chi connectivity index (χ3n) is 3.05. The summed E-state index contributed by atoms with van der Waals surface area (Å²) < 4.78 is 0. The molecule has 1 fully saturated rings. The van der Waals surface area contributed by atoms with E-state index in [0.29, 0.717) is 5.92 Å². The van der Waals surface area contributed by atoms with Gasteiger partial charge in [0.1, 0.15) is 5.82 Å². The summed E-state index contributed by atoms with van der Waals surface area (Å²) in [5.74, 6) is 7.92. The van der Waals surface area contributed by atoms with Crippen LogP contribution in [0.2, 0.25) is 0 Å². The lowest BCUT2D eigenvalue weighted by Gasteiger charge is -2.07. The minimum Gasteiger partial charge on any atom is -0.313 e. The van der Waals surface area contributed by atoms with Crippen LogP contribution in [0, 0.1) is 11.8 Å². The van der Waals surface area contributed by atoms with Crippen LogP contribution in [0.5, 0.6) is 0 Å². The third kappa shape index (κ3) is 2.72. The highest BCUT2D eigenvalue weighted by atomic mass is 14.9. The first-order chi connectivity index (χ1) is 8.42. The van der Waals surface area contributed by atoms with Gasteiger partial charge in [-0.25, -0.2) is 9.97 Å². The Bertz CT molecular complexity index is 486. The van der Waals surface area contributed by atoms with Gasteiger partial charge in [0.05, 0.1) is 5.56 Å². The summed E-state index contributed by atoms with van der Waals surface area (Å²) in [7, 11) is 0. The van der Waals surface area contributed by atoms with Gasteiger partial charge in [-0.15, -0.1) is 0 Å². The van der Waals surface area contributed by atoms with Gasteiger partial charge < -0.3 is 5.32 Å². The fourth-order valence-electron chi connectivity index (χ4n) is 1.84. The molecule has 0 atom stereocenters. The summed E-state index contributed by atoms with van der Waals surface area (Å²) in [6.07, 6.45) is 9.34. The second kappa shape index (κ2) is 4.68. The summed E-state index contributed by atoms with van der Waals surface area (Å²) in [6, 6.07) is 0. The molecule has 0 amide bonds. The van der Waals surface area contributed by atoms with Gasteiger partial charge in [0.25, 0.3) is 0 Å². The van der Waals surface area contributed by atoms with E-state index in [0.717, 1.165) is 30.9 Å². The average molecular weight is 225 g/mol. The number of nitrogens with one attached hydrogen (secondary N) is 1. The van der Waals surface area contributed by atoms with Gasteiger partial charge in [-0.2, -0.15) is 0 Å². The molecular formula is C14H15N3. The lowest BCUT2D eigenvalue weighted by molar-refractivity contribution is 0.715. The molecule has 0 radical (unpaired) electrons. The quantitative estimate of drug-likeness (QED) is 0.738. The molecule has 3 heteroatoms. The molecule has 3 nitrogen and oxygen atoms in total. The molecule has 0 aromatic carbocycles. The van der Waals surface area contributed by atoms with E-state index in [4.69, 9.17) is 0 Å². The van der Waals surface area contributed by atoms with Crippen molar-refractivity contribution in [3.05, 3.63) is 35.4 Å². The zero-order chi connectivity index (χ0) is 11.5. The first-order valence-corrected chi connectivity index (χ1v) is 6.15. The Morgan fingerprint density at radius 3 is 2.65 bits per heavy atom. The molecule has 0 bridgehead atoms. The van der Waals surface area contributed by atoms with Crippen LogP contribution in [0.4, 0.5) is 0 Å². The first kappa shape index (κ1) is 10.5. The lowest BCUT2D eigenvalue weighted by atomic mass is 10.1. The van der Waals surface area contributed by atoms with E-state index in [1.165, 1.54) is 18.4 Å². The van der Waals surface area contributed by atoms with Gasteiger partial charge in [0.15, 0.2) is 0 Å². The van der Waals surface area contributed by atoms with Gasteiger partial charge in [0.2, 0.25) is 0 Å². The topological polar surface area (TPSA) is 37.8 Å². The normalized spacial score (nSPS) is 19.2. The molecule has 1 aromatic heterocycles. The molecule has 0 spiro atoms. The summed E-state index contributed by atoms with van der Waals surface area (Å²) in [5.41, 5.74) is 2.13. The van der Waals surface area contributed by atoms with Crippen LogP contribution >= 0.6 is 0 Å². The Kier molecular flexibility index (Phi) is 2.89. The van der Waals surface area contributed by atoms with Crippen molar-refractivity contribution in [3.63, 3.8) is 0 Å². The SMILES string of the molecule is C(#Cc1cnc(C2CC2)nc1)C1=CCNCC1. The van der Waals surface area contributed by atoms with Crippen LogP contribution < -0.4 is 5.32 Å². The summed E-state index contributed by atoms with van der Waals surface area (Å²) >= 11 is 0. The molecule has 1 saturated carbocycles. The maximum atomic E-state index is 4.36. The van der Waals surface area contributed by atoms with Gasteiger partial charge in [-0.05, 0) is 19.3 Å². The van der Waals surface area contributed by atoms with E-state index in [-0.39, 0.29) is 0 Å². The van der Waals surface area contributed by atoms with Crippen molar-refractivity contribution in [2.24, 2.45) is 0 Å². The third-order valence-corrected chi connectivity index (χ3v) is 3.05. The molecule has 2 aliphatic rings. The monoisotopic (exact) mass is 225 g/mol. The number of nitrogens with zero attached hydrogens (tertiary/aromatic N) is 2. The molecule has 17 heavy (non-hydrogen) atoms. The van der Waals surface area contributed by atoms with E-state index >= 15 is 0 Å². The molecule has 86 valence electrons. The first-order valence-electron chi connectivity index (χ1n) is 6.15. The maximum absolute atomic E-state index is 4.36. The van der Waals surface area contributed by atoms with E-state index in [9.17, 15) is 0 Å². The van der Waals surface area contributed by atoms with Crippen molar-refractivity contribution in [2.45, 2.75) is 25.2 Å². The van der Waals surface area contributed by atoms with Crippen molar-refractivity contribution in [2.75, 3.05) is 13.1 Å². The van der Waals surface area contributed by atoms with Crippen LogP contribution in [0.3, 0.4) is 0 Å². The lowest BCUT2D eigenvalue weighted by Crippen LogP contribution is -2.20. The molecule has 1 aliphatic heterocycles. The highest BCUT2D eigenvalue weighted by Crippen LogP contribution is 2.37. The Labute approximate surface area is 101 Å². The molecule has 2 heterocycles. The highest BCUT2D eigenvalue weighted by molar-refractivity contribution is 5.39. The average Bonchev–Trinajstić information content (AvgIpc) is 3.23. The van der Waals surface area contributed by atoms with Crippen molar-refractivity contribution in [1.29, 1.82) is 0 Å². The number of aromatic nitrogens is 2. The fourth-order valence-corrected chi connectivity index (χ4v) is 1.84. The predicted molar refractivity (Wildman–Crippen MR) is 66.5 cm³/mol. The minimum absolute atomic E-state index is 0.615. The zero-order valence-electron chi connectivity index (χ0n) is 9.74. The molecular weight excluding hydrogens is 210 g/mol. The van der Waals surface area contributed by atoms with Crippen LogP contribution in [0.25, 0.3) is 0 Å². The fraction of sp³-hybridized carbons (Fsp3) is 0.429. The van der Waals surface area contributed by atoms with E-state index in [1.807, 2.05) is 12.4 Å². The van der Waals surface area contributed by atoms with E-state index < -0.39 is 0 Å². The number of hydrogen-bond acceptors (Lipinski definition) is 3. The molecule has 3 rings (SSSR count). The van der Waals surface area contributed by atoms with Gasteiger partial charge in [-0.1, -0.05) is 17.9 Å². The van der Waals surface area contributed by atoms with E-state index in [1.54, 1.807) is 0 Å². The van der Waals surface area contributed by atoms with Gasteiger partial charge in [0, 0.05) is 37.0 Å². The van der Waals surface area contributed by atoms with Gasteiger partial charge in [-0.3, -0.25) is 0 Å². The molecule has 0 saturated heterocycles. The molecule has 1 aromatic rings. The molecule has 1 N–H and O–H groups in total. The van der Waals surface area contributed by atoms with Crippen molar-refractivity contribution in [1.82, 2.24) is 15.3 Å². The van der Waals surface area contributed by atoms with Crippen molar-refractivity contribution >= 4 is 0 Å². The van der Waals surface area contributed by atoms with Crippen molar-refractivity contribution in [3.8, 4) is 11.8 Å². The molecule has 1 aliphatic carbocycles. The Hall–Kier alpha value is -1.66. The van der Waals surface area contributed by atoms with Gasteiger partial charge >= 0.3 is 0 Å². The van der Waals surface area contributed by atoms with Crippen LogP contribution in [0.15, 0.2) is 24.0 Å². The number of hydrogen-bond donors (Lipinski definition) is 1. The summed E-state index contributed by atoms with van der Waals surface area (Å²) in [4.78, 5) is 8.72. The zero-order valence-corrected chi connectivity index (χ0v) is 9.74. The van der Waals surface area contributed by atoms with E-state index in [2.05, 4.69) is 33.2 Å². The minimum atomic E-state index is 0.615. The Balaban J connectivity index is 1.71. The van der Waals surface area contributed by atoms with Crippen LogP contribution in [-0.4, -0.2) is 23.1 Å². The number of rotatable bonds is 1. The summed E-state index contributed by atoms with van der Waals surface area (Å²) in [6.45, 7) is 1.96. The van der Waals surface area contributed by atoms with Crippen LogP contribution in [0.1, 0.15) is 36.6 Å². The predicted octanol–water partition coefficient (Wildman–Crippen LogP) is 1.63. The standard InChI is InChI=1S/C14H15N3/c1(11-5-7-15-8-6-11)2-12-9-16-14(17-10-12)13-3-4-13/h5,9-10,13,15H,3-4,6-8H2. The molecule has 0 unspecified atom stereocenters. The highest BCUT2D eigenvalue weighted by Gasteiger charge is 2.25. The Morgan fingerprint density at radius 1 is 1.18 bits per heavy atom. The summed E-state index contributed by atoms with van der Waals surface area (Å²) in [5, 5.41) is 3.27. The van der Waals surface area contributed by atoms with Crippen LogP contribution in [-0.2, 0) is 0 Å².